The van der Waals surface area contributed by atoms with E-state index in [1.807, 2.05) is 38.1 Å². The van der Waals surface area contributed by atoms with Crippen molar-refractivity contribution in [2.45, 2.75) is 45.6 Å². The zero-order chi connectivity index (χ0) is 21.8. The SMILES string of the molecule is Cc1nc(C)c(-c2csc(CC(Cc3ccc(Cl)cc3)C(=O)NC3CCOCC3)n2)s1. The second-order valence-electron chi connectivity index (χ2n) is 7.90. The molecular formula is C23H26ClN3O2S2. The molecule has 0 saturated carbocycles. The summed E-state index contributed by atoms with van der Waals surface area (Å²) in [6.07, 6.45) is 2.99. The van der Waals surface area contributed by atoms with Crippen molar-refractivity contribution in [3.8, 4) is 10.6 Å². The molecule has 0 bridgehead atoms. The summed E-state index contributed by atoms with van der Waals surface area (Å²) in [7, 11) is 0. The molecule has 1 amide bonds. The molecule has 2 aromatic heterocycles. The highest BCUT2D eigenvalue weighted by Gasteiger charge is 2.25. The molecule has 3 heterocycles. The fourth-order valence-corrected chi connectivity index (χ4v) is 5.76. The zero-order valence-corrected chi connectivity index (χ0v) is 20.1. The van der Waals surface area contributed by atoms with E-state index in [0.717, 1.165) is 44.7 Å². The van der Waals surface area contributed by atoms with Crippen LogP contribution in [-0.2, 0) is 22.4 Å². The van der Waals surface area contributed by atoms with E-state index in [-0.39, 0.29) is 17.9 Å². The molecule has 3 aromatic rings. The molecule has 1 aromatic carbocycles. The summed E-state index contributed by atoms with van der Waals surface area (Å²) in [4.78, 5) is 23.7. The Balaban J connectivity index is 1.51. The van der Waals surface area contributed by atoms with Crippen molar-refractivity contribution in [3.63, 3.8) is 0 Å². The van der Waals surface area contributed by atoms with Crippen molar-refractivity contribution in [3.05, 3.63) is 55.9 Å². The Morgan fingerprint density at radius 2 is 1.94 bits per heavy atom. The quantitative estimate of drug-likeness (QED) is 0.508. The first-order valence-corrected chi connectivity index (χ1v) is 12.6. The van der Waals surface area contributed by atoms with Crippen LogP contribution in [0.15, 0.2) is 29.6 Å². The third kappa shape index (κ3) is 5.92. The van der Waals surface area contributed by atoms with Gasteiger partial charge in [0.15, 0.2) is 0 Å². The fourth-order valence-electron chi connectivity index (χ4n) is 3.81. The number of amides is 1. The number of hydrogen-bond donors (Lipinski definition) is 1. The van der Waals surface area contributed by atoms with Gasteiger partial charge in [0.25, 0.3) is 0 Å². The van der Waals surface area contributed by atoms with Crippen molar-refractivity contribution >= 4 is 40.2 Å². The van der Waals surface area contributed by atoms with Gasteiger partial charge in [0.2, 0.25) is 5.91 Å². The van der Waals surface area contributed by atoms with Gasteiger partial charge in [0.1, 0.15) is 0 Å². The molecule has 1 N–H and O–H groups in total. The number of halogens is 1. The number of rotatable bonds is 7. The fraction of sp³-hybridized carbons (Fsp3) is 0.435. The van der Waals surface area contributed by atoms with Crippen LogP contribution in [0.4, 0.5) is 0 Å². The molecule has 31 heavy (non-hydrogen) atoms. The van der Waals surface area contributed by atoms with Crippen molar-refractivity contribution in [1.82, 2.24) is 15.3 Å². The van der Waals surface area contributed by atoms with Crippen LogP contribution >= 0.6 is 34.3 Å². The number of benzene rings is 1. The predicted octanol–water partition coefficient (Wildman–Crippen LogP) is 5.23. The molecule has 4 rings (SSSR count). The van der Waals surface area contributed by atoms with Crippen molar-refractivity contribution in [2.24, 2.45) is 5.92 Å². The van der Waals surface area contributed by atoms with E-state index in [1.54, 1.807) is 22.7 Å². The van der Waals surface area contributed by atoms with Crippen molar-refractivity contribution in [1.29, 1.82) is 0 Å². The summed E-state index contributed by atoms with van der Waals surface area (Å²) >= 11 is 9.32. The number of nitrogens with one attached hydrogen (secondary N) is 1. The van der Waals surface area contributed by atoms with Crippen LogP contribution in [0.25, 0.3) is 10.6 Å². The van der Waals surface area contributed by atoms with Gasteiger partial charge >= 0.3 is 0 Å². The molecule has 1 unspecified atom stereocenters. The maximum absolute atomic E-state index is 13.2. The minimum atomic E-state index is -0.188. The van der Waals surface area contributed by atoms with E-state index in [1.165, 1.54) is 0 Å². The number of aryl methyl sites for hydroxylation is 2. The molecule has 1 atom stereocenters. The van der Waals surface area contributed by atoms with Crippen LogP contribution in [-0.4, -0.2) is 35.1 Å². The molecule has 0 radical (unpaired) electrons. The minimum Gasteiger partial charge on any atom is -0.381 e. The second kappa shape index (κ2) is 10.2. The van der Waals surface area contributed by atoms with E-state index in [0.29, 0.717) is 31.1 Å². The zero-order valence-electron chi connectivity index (χ0n) is 17.7. The van der Waals surface area contributed by atoms with Crippen LogP contribution in [0.2, 0.25) is 5.02 Å². The van der Waals surface area contributed by atoms with E-state index < -0.39 is 0 Å². The lowest BCUT2D eigenvalue weighted by atomic mass is 9.94. The van der Waals surface area contributed by atoms with Crippen LogP contribution in [0.3, 0.4) is 0 Å². The van der Waals surface area contributed by atoms with E-state index >= 15 is 0 Å². The largest absolute Gasteiger partial charge is 0.381 e. The summed E-state index contributed by atoms with van der Waals surface area (Å²) in [5.41, 5.74) is 3.06. The highest BCUT2D eigenvalue weighted by molar-refractivity contribution is 7.15. The third-order valence-corrected chi connectivity index (χ3v) is 7.66. The average Bonchev–Trinajstić information content (AvgIpc) is 3.35. The molecule has 1 aliphatic rings. The molecule has 0 aliphatic carbocycles. The van der Waals surface area contributed by atoms with Gasteiger partial charge in [0.05, 0.1) is 26.3 Å². The third-order valence-electron chi connectivity index (χ3n) is 5.44. The van der Waals surface area contributed by atoms with Crippen LogP contribution < -0.4 is 5.32 Å². The summed E-state index contributed by atoms with van der Waals surface area (Å²) < 4.78 is 5.42. The lowest BCUT2D eigenvalue weighted by Crippen LogP contribution is -2.43. The van der Waals surface area contributed by atoms with Crippen molar-refractivity contribution in [2.75, 3.05) is 13.2 Å². The molecule has 1 fully saturated rings. The first kappa shape index (κ1) is 22.4. The van der Waals surface area contributed by atoms with E-state index in [9.17, 15) is 4.79 Å². The summed E-state index contributed by atoms with van der Waals surface area (Å²) in [6, 6.07) is 7.92. The number of nitrogens with zero attached hydrogens (tertiary/aromatic N) is 2. The number of ether oxygens (including phenoxy) is 1. The highest BCUT2D eigenvalue weighted by Crippen LogP contribution is 2.31. The van der Waals surface area contributed by atoms with Crippen molar-refractivity contribution < 1.29 is 9.53 Å². The lowest BCUT2D eigenvalue weighted by molar-refractivity contribution is -0.126. The molecule has 8 heteroatoms. The number of carbonyl (C=O) groups excluding carboxylic acids is 1. The van der Waals surface area contributed by atoms with Gasteiger partial charge in [-0.1, -0.05) is 23.7 Å². The average molecular weight is 476 g/mol. The van der Waals surface area contributed by atoms with Crippen LogP contribution in [0.1, 0.15) is 34.1 Å². The Hall–Kier alpha value is -1.80. The Labute approximate surface area is 195 Å². The lowest BCUT2D eigenvalue weighted by Gasteiger charge is -2.25. The Morgan fingerprint density at radius 1 is 1.19 bits per heavy atom. The Morgan fingerprint density at radius 3 is 2.61 bits per heavy atom. The Bertz CT molecular complexity index is 1030. The number of aromatic nitrogens is 2. The molecule has 164 valence electrons. The minimum absolute atomic E-state index is 0.0865. The first-order chi connectivity index (χ1) is 15.0. The first-order valence-electron chi connectivity index (χ1n) is 10.5. The van der Waals surface area contributed by atoms with Gasteiger partial charge in [-0.05, 0) is 50.8 Å². The van der Waals surface area contributed by atoms with Gasteiger partial charge in [-0.3, -0.25) is 4.79 Å². The maximum atomic E-state index is 13.2. The van der Waals surface area contributed by atoms with E-state index in [2.05, 4.69) is 15.7 Å². The number of carbonyl (C=O) groups is 1. The molecule has 0 spiro atoms. The normalized spacial score (nSPS) is 15.7. The molecule has 1 saturated heterocycles. The van der Waals surface area contributed by atoms with Gasteiger partial charge in [-0.15, -0.1) is 22.7 Å². The van der Waals surface area contributed by atoms with Gasteiger partial charge < -0.3 is 10.1 Å². The molecule has 1 aliphatic heterocycles. The van der Waals surface area contributed by atoms with Crippen LogP contribution in [0.5, 0.6) is 0 Å². The monoisotopic (exact) mass is 475 g/mol. The topological polar surface area (TPSA) is 64.1 Å². The highest BCUT2D eigenvalue weighted by atomic mass is 35.5. The number of thiazole rings is 2. The Kier molecular flexibility index (Phi) is 7.38. The van der Waals surface area contributed by atoms with E-state index in [4.69, 9.17) is 21.3 Å². The predicted molar refractivity (Wildman–Crippen MR) is 127 cm³/mol. The summed E-state index contributed by atoms with van der Waals surface area (Å²) in [5, 5.41) is 8.03. The molecule has 5 nitrogen and oxygen atoms in total. The van der Waals surface area contributed by atoms with Gasteiger partial charge in [0, 0.05) is 42.0 Å². The maximum Gasteiger partial charge on any atom is 0.224 e. The van der Waals surface area contributed by atoms with Crippen LogP contribution in [0, 0.1) is 19.8 Å². The summed E-state index contributed by atoms with van der Waals surface area (Å²) in [5.74, 6) is -0.101. The van der Waals surface area contributed by atoms with Gasteiger partial charge in [-0.25, -0.2) is 9.97 Å². The smallest absolute Gasteiger partial charge is 0.224 e. The summed E-state index contributed by atoms with van der Waals surface area (Å²) in [6.45, 7) is 5.44. The number of hydrogen-bond acceptors (Lipinski definition) is 6. The molecular weight excluding hydrogens is 450 g/mol. The standard InChI is InChI=1S/C23H26ClN3O2S2/c1-14-22(31-15(2)25-14)20-13-30-21(27-20)12-17(11-16-3-5-18(24)6-4-16)23(28)26-19-7-9-29-10-8-19/h3-6,13,17,19H,7-12H2,1-2H3,(H,26,28). The van der Waals surface area contributed by atoms with Gasteiger partial charge in [-0.2, -0.15) is 0 Å². The second-order valence-corrected chi connectivity index (χ2v) is 10.5.